The van der Waals surface area contributed by atoms with Crippen molar-refractivity contribution in [2.45, 2.75) is 38.4 Å². The van der Waals surface area contributed by atoms with Gasteiger partial charge in [0.15, 0.2) is 0 Å². The number of esters is 1. The summed E-state index contributed by atoms with van der Waals surface area (Å²) in [5.74, 6) is -0.637. The van der Waals surface area contributed by atoms with Crippen LogP contribution in [0.4, 0.5) is 0 Å². The first kappa shape index (κ1) is 22.0. The molecule has 8 nitrogen and oxygen atoms in total. The Morgan fingerprint density at radius 3 is 2.70 bits per heavy atom. The molecule has 1 fully saturated rings. The predicted octanol–water partition coefficient (Wildman–Crippen LogP) is 1.56. The molecule has 0 radical (unpaired) electrons. The smallest absolute Gasteiger partial charge is 0.307 e. The summed E-state index contributed by atoms with van der Waals surface area (Å²) in [4.78, 5) is 44.7. The highest BCUT2D eigenvalue weighted by Gasteiger charge is 2.33. The molecule has 0 unspecified atom stereocenters. The first-order valence-corrected chi connectivity index (χ1v) is 10.4. The standard InChI is InChI=1S/C22H29N3O5/c1-29-21(27)9-12-24-13-19(30-16-17-7-10-23-11-8-17)14-25(15-20(24)26)22(28)18-5-3-2-4-6-18/h2-3,7-8,10-11,18-19H,4-6,9,12-16H2,1H3/t18-,19-/m1/s1. The minimum absolute atomic E-state index is 0.0000269. The molecular formula is C22H29N3O5. The van der Waals surface area contributed by atoms with Crippen LogP contribution in [0.25, 0.3) is 0 Å². The van der Waals surface area contributed by atoms with Gasteiger partial charge in [-0.1, -0.05) is 12.2 Å². The summed E-state index contributed by atoms with van der Waals surface area (Å²) in [7, 11) is 1.33. The van der Waals surface area contributed by atoms with Crippen LogP contribution in [0.1, 0.15) is 31.2 Å². The van der Waals surface area contributed by atoms with Gasteiger partial charge >= 0.3 is 5.97 Å². The highest BCUT2D eigenvalue weighted by molar-refractivity contribution is 5.87. The van der Waals surface area contributed by atoms with Gasteiger partial charge in [-0.15, -0.1) is 0 Å². The van der Waals surface area contributed by atoms with E-state index in [4.69, 9.17) is 9.47 Å². The normalized spacial score (nSPS) is 22.0. The Hall–Kier alpha value is -2.74. The lowest BCUT2D eigenvalue weighted by Crippen LogP contribution is -2.43. The number of aromatic nitrogens is 1. The van der Waals surface area contributed by atoms with E-state index in [1.807, 2.05) is 18.2 Å². The predicted molar refractivity (Wildman–Crippen MR) is 109 cm³/mol. The van der Waals surface area contributed by atoms with Crippen LogP contribution in [0.5, 0.6) is 0 Å². The van der Waals surface area contributed by atoms with Crippen molar-refractivity contribution in [2.75, 3.05) is 33.3 Å². The minimum atomic E-state index is -0.372. The number of carbonyl (C=O) groups is 3. The zero-order valence-corrected chi connectivity index (χ0v) is 17.4. The topological polar surface area (TPSA) is 89.0 Å². The maximum atomic E-state index is 13.1. The van der Waals surface area contributed by atoms with Crippen molar-refractivity contribution in [2.24, 2.45) is 5.92 Å². The molecule has 0 bridgehead atoms. The summed E-state index contributed by atoms with van der Waals surface area (Å²) in [6, 6.07) is 3.74. The van der Waals surface area contributed by atoms with Gasteiger partial charge in [0.05, 0.1) is 32.8 Å². The number of hydrogen-bond acceptors (Lipinski definition) is 6. The van der Waals surface area contributed by atoms with E-state index in [1.165, 1.54) is 7.11 Å². The van der Waals surface area contributed by atoms with Gasteiger partial charge < -0.3 is 19.3 Å². The molecule has 3 rings (SSSR count). The van der Waals surface area contributed by atoms with E-state index in [1.54, 1.807) is 22.2 Å². The molecule has 0 spiro atoms. The number of pyridine rings is 1. The zero-order chi connectivity index (χ0) is 21.3. The molecule has 0 aromatic carbocycles. The van der Waals surface area contributed by atoms with Crippen LogP contribution in [-0.2, 0) is 30.5 Å². The van der Waals surface area contributed by atoms with Gasteiger partial charge in [-0.3, -0.25) is 19.4 Å². The fourth-order valence-corrected chi connectivity index (χ4v) is 3.77. The molecule has 1 aromatic rings. The van der Waals surface area contributed by atoms with E-state index < -0.39 is 0 Å². The zero-order valence-electron chi connectivity index (χ0n) is 17.4. The highest BCUT2D eigenvalue weighted by Crippen LogP contribution is 2.22. The molecule has 0 N–H and O–H groups in total. The van der Waals surface area contributed by atoms with E-state index in [-0.39, 0.29) is 49.3 Å². The van der Waals surface area contributed by atoms with Crippen molar-refractivity contribution >= 4 is 17.8 Å². The van der Waals surface area contributed by atoms with E-state index in [2.05, 4.69) is 11.1 Å². The Morgan fingerprint density at radius 1 is 1.20 bits per heavy atom. The Morgan fingerprint density at radius 2 is 2.00 bits per heavy atom. The van der Waals surface area contributed by atoms with Gasteiger partial charge in [0, 0.05) is 37.9 Å². The van der Waals surface area contributed by atoms with Crippen molar-refractivity contribution in [3.8, 4) is 0 Å². The van der Waals surface area contributed by atoms with Crippen LogP contribution >= 0.6 is 0 Å². The summed E-state index contributed by atoms with van der Waals surface area (Å²) in [6.45, 7) is 1.30. The SMILES string of the molecule is COC(=O)CCN1C[C@@H](OCc2ccncc2)CN(C(=O)[C@@H]2CC=CCC2)CC1=O. The molecule has 2 heterocycles. The summed E-state index contributed by atoms with van der Waals surface area (Å²) < 4.78 is 10.8. The van der Waals surface area contributed by atoms with Gasteiger partial charge in [0.2, 0.25) is 11.8 Å². The molecule has 1 saturated heterocycles. The van der Waals surface area contributed by atoms with Crippen LogP contribution in [0.3, 0.4) is 0 Å². The second kappa shape index (κ2) is 10.9. The number of allylic oxidation sites excluding steroid dienone is 2. The monoisotopic (exact) mass is 415 g/mol. The van der Waals surface area contributed by atoms with Crippen molar-refractivity contribution < 1.29 is 23.9 Å². The minimum Gasteiger partial charge on any atom is -0.469 e. The quantitative estimate of drug-likeness (QED) is 0.496. The fourth-order valence-electron chi connectivity index (χ4n) is 3.77. The lowest BCUT2D eigenvalue weighted by Gasteiger charge is -2.28. The molecule has 2 aliphatic rings. The maximum absolute atomic E-state index is 13.1. The number of ether oxygens (including phenoxy) is 2. The second-order valence-electron chi connectivity index (χ2n) is 7.65. The number of methoxy groups -OCH3 is 1. The summed E-state index contributed by atoms with van der Waals surface area (Å²) in [5, 5.41) is 0. The third kappa shape index (κ3) is 6.13. The molecule has 0 saturated carbocycles. The van der Waals surface area contributed by atoms with Crippen LogP contribution in [0, 0.1) is 5.92 Å². The third-order valence-electron chi connectivity index (χ3n) is 5.51. The third-order valence-corrected chi connectivity index (χ3v) is 5.51. The molecule has 162 valence electrons. The number of carbonyl (C=O) groups excluding carboxylic acids is 3. The summed E-state index contributed by atoms with van der Waals surface area (Å²) in [5.41, 5.74) is 0.969. The highest BCUT2D eigenvalue weighted by atomic mass is 16.5. The average molecular weight is 415 g/mol. The summed E-state index contributed by atoms with van der Waals surface area (Å²) >= 11 is 0. The first-order valence-electron chi connectivity index (χ1n) is 10.4. The van der Waals surface area contributed by atoms with Crippen molar-refractivity contribution in [3.05, 3.63) is 42.2 Å². The molecule has 1 aromatic heterocycles. The maximum Gasteiger partial charge on any atom is 0.307 e. The number of nitrogens with zero attached hydrogens (tertiary/aromatic N) is 3. The molecule has 30 heavy (non-hydrogen) atoms. The fraction of sp³-hybridized carbons (Fsp3) is 0.545. The number of hydrogen-bond donors (Lipinski definition) is 0. The Balaban J connectivity index is 1.69. The molecular weight excluding hydrogens is 386 g/mol. The Bertz CT molecular complexity index is 767. The van der Waals surface area contributed by atoms with Crippen LogP contribution in [0.2, 0.25) is 0 Å². The van der Waals surface area contributed by atoms with Crippen LogP contribution < -0.4 is 0 Å². The van der Waals surface area contributed by atoms with Gasteiger partial charge in [-0.25, -0.2) is 0 Å². The molecule has 1 aliphatic carbocycles. The Labute approximate surface area is 176 Å². The van der Waals surface area contributed by atoms with Gasteiger partial charge in [0.1, 0.15) is 0 Å². The molecule has 2 atom stereocenters. The largest absolute Gasteiger partial charge is 0.469 e. The van der Waals surface area contributed by atoms with E-state index in [0.717, 1.165) is 18.4 Å². The van der Waals surface area contributed by atoms with Crippen molar-refractivity contribution in [1.82, 2.24) is 14.8 Å². The van der Waals surface area contributed by atoms with E-state index >= 15 is 0 Å². The second-order valence-corrected chi connectivity index (χ2v) is 7.65. The van der Waals surface area contributed by atoms with E-state index in [0.29, 0.717) is 26.1 Å². The molecule has 1 aliphatic heterocycles. The van der Waals surface area contributed by atoms with Crippen molar-refractivity contribution in [1.29, 1.82) is 0 Å². The van der Waals surface area contributed by atoms with Crippen LogP contribution in [0.15, 0.2) is 36.7 Å². The lowest BCUT2D eigenvalue weighted by molar-refractivity contribution is -0.143. The van der Waals surface area contributed by atoms with Gasteiger partial charge in [-0.05, 0) is 37.0 Å². The Kier molecular flexibility index (Phi) is 7.96. The lowest BCUT2D eigenvalue weighted by atomic mass is 9.93. The first-order chi connectivity index (χ1) is 14.6. The average Bonchev–Trinajstić information content (AvgIpc) is 2.95. The van der Waals surface area contributed by atoms with E-state index in [9.17, 15) is 14.4 Å². The molecule has 2 amide bonds. The molecule has 8 heteroatoms. The number of amides is 2. The van der Waals surface area contributed by atoms with Crippen molar-refractivity contribution in [3.63, 3.8) is 0 Å². The van der Waals surface area contributed by atoms with Gasteiger partial charge in [-0.2, -0.15) is 0 Å². The number of rotatable bonds is 7. The van der Waals surface area contributed by atoms with Gasteiger partial charge in [0.25, 0.3) is 0 Å². The van der Waals surface area contributed by atoms with Crippen LogP contribution in [-0.4, -0.2) is 72.0 Å². The summed E-state index contributed by atoms with van der Waals surface area (Å²) in [6.07, 6.45) is 9.68.